The van der Waals surface area contributed by atoms with Gasteiger partial charge >= 0.3 is 5.97 Å². The maximum Gasteiger partial charge on any atom is 0.303 e. The quantitative estimate of drug-likeness (QED) is 0.518. The molecule has 4 rings (SSSR count). The number of aliphatic hydroxyl groups excluding tert-OH is 1. The summed E-state index contributed by atoms with van der Waals surface area (Å²) in [6.45, 7) is 9.15. The van der Waals surface area contributed by atoms with Crippen LogP contribution >= 0.6 is 0 Å². The molecule has 1 aliphatic heterocycles. The summed E-state index contributed by atoms with van der Waals surface area (Å²) in [5.41, 5.74) is -2.28. The van der Waals surface area contributed by atoms with Crippen LogP contribution in [0.25, 0.3) is 0 Å². The molecular formula is C23H34O7. The lowest BCUT2D eigenvalue weighted by Crippen LogP contribution is -2.77. The zero-order valence-electron chi connectivity index (χ0n) is 18.8. The van der Waals surface area contributed by atoms with Crippen molar-refractivity contribution >= 4 is 11.8 Å². The lowest BCUT2D eigenvalue weighted by Gasteiger charge is -2.65. The highest BCUT2D eigenvalue weighted by molar-refractivity contribution is 5.93. The first-order chi connectivity index (χ1) is 13.8. The molecule has 1 saturated heterocycles. The lowest BCUT2D eigenvalue weighted by molar-refractivity contribution is -0.327. The molecule has 2 N–H and O–H groups in total. The summed E-state index contributed by atoms with van der Waals surface area (Å²) in [7, 11) is 1.50. The monoisotopic (exact) mass is 422 g/mol. The van der Waals surface area contributed by atoms with Crippen LogP contribution < -0.4 is 0 Å². The topological polar surface area (TPSA) is 102 Å². The molecule has 7 nitrogen and oxygen atoms in total. The number of methoxy groups -OCH3 is 1. The number of Topliss-reactive ketones (excluding diaryl/α,β-unsaturated/α-hetero) is 1. The van der Waals surface area contributed by atoms with Crippen LogP contribution in [0.5, 0.6) is 0 Å². The third kappa shape index (κ3) is 2.52. The Morgan fingerprint density at radius 2 is 1.93 bits per heavy atom. The number of rotatable bonds is 2. The third-order valence-corrected chi connectivity index (χ3v) is 8.85. The Morgan fingerprint density at radius 3 is 2.47 bits per heavy atom. The highest BCUT2D eigenvalue weighted by atomic mass is 16.6. The minimum Gasteiger partial charge on any atom is -0.454 e. The van der Waals surface area contributed by atoms with E-state index in [-0.39, 0.29) is 25.2 Å². The second-order valence-corrected chi connectivity index (χ2v) is 10.5. The fourth-order valence-corrected chi connectivity index (χ4v) is 6.81. The summed E-state index contributed by atoms with van der Waals surface area (Å²) >= 11 is 0. The maximum atomic E-state index is 14.1. The van der Waals surface area contributed by atoms with Crippen LogP contribution in [-0.4, -0.2) is 65.2 Å². The number of ketones is 1. The third-order valence-electron chi connectivity index (χ3n) is 8.85. The van der Waals surface area contributed by atoms with Gasteiger partial charge in [-0.3, -0.25) is 9.59 Å². The van der Waals surface area contributed by atoms with Gasteiger partial charge in [0.25, 0.3) is 0 Å². The number of carbonyl (C=O) groups excluding carboxylic acids is 2. The SMILES string of the molecule is CO[C@H]1C(=O)[C@@]2(C)C(C[C@]3(O)CCC(C)=C1C3(C)C)[C@]1(OC(C)=O)CO[C@@H]1C[C@@H]2O. The Hall–Kier alpha value is -1.28. The second-order valence-electron chi connectivity index (χ2n) is 10.5. The first kappa shape index (κ1) is 21.9. The Kier molecular flexibility index (Phi) is 4.83. The predicted octanol–water partition coefficient (Wildman–Crippen LogP) is 1.93. The summed E-state index contributed by atoms with van der Waals surface area (Å²) in [6, 6.07) is 0. The molecule has 0 amide bonds. The molecule has 7 atom stereocenters. The van der Waals surface area contributed by atoms with Gasteiger partial charge in [-0.15, -0.1) is 0 Å². The van der Waals surface area contributed by atoms with Crippen molar-refractivity contribution in [2.75, 3.05) is 13.7 Å². The second kappa shape index (κ2) is 6.61. The number of esters is 1. The highest BCUT2D eigenvalue weighted by Crippen LogP contribution is 2.63. The first-order valence-corrected chi connectivity index (χ1v) is 10.8. The van der Waals surface area contributed by atoms with Gasteiger partial charge < -0.3 is 24.4 Å². The first-order valence-electron chi connectivity index (χ1n) is 10.8. The van der Waals surface area contributed by atoms with Gasteiger partial charge in [0, 0.05) is 31.8 Å². The average Bonchev–Trinajstić information content (AvgIpc) is 2.65. The normalized spacial score (nSPS) is 47.4. The molecule has 3 aliphatic carbocycles. The van der Waals surface area contributed by atoms with E-state index in [1.54, 1.807) is 6.92 Å². The summed E-state index contributed by atoms with van der Waals surface area (Å²) in [5.74, 6) is -1.26. The van der Waals surface area contributed by atoms with Crippen LogP contribution in [-0.2, 0) is 23.8 Å². The van der Waals surface area contributed by atoms with Crippen LogP contribution in [0.2, 0.25) is 0 Å². The van der Waals surface area contributed by atoms with Gasteiger partial charge in [0.1, 0.15) is 12.2 Å². The highest BCUT2D eigenvalue weighted by Gasteiger charge is 2.73. The number of fused-ring (bicyclic) bond motifs is 5. The van der Waals surface area contributed by atoms with Crippen LogP contribution in [0, 0.1) is 16.7 Å². The lowest BCUT2D eigenvalue weighted by atomic mass is 9.46. The van der Waals surface area contributed by atoms with Gasteiger partial charge in [-0.2, -0.15) is 0 Å². The van der Waals surface area contributed by atoms with Crippen molar-refractivity contribution in [3.63, 3.8) is 0 Å². The van der Waals surface area contributed by atoms with Gasteiger partial charge in [0.15, 0.2) is 11.4 Å². The number of aliphatic hydroxyl groups is 2. The van der Waals surface area contributed by atoms with Crippen molar-refractivity contribution in [3.8, 4) is 0 Å². The van der Waals surface area contributed by atoms with Gasteiger partial charge in [-0.1, -0.05) is 19.4 Å². The molecular weight excluding hydrogens is 388 g/mol. The Labute approximate surface area is 177 Å². The molecule has 0 aromatic rings. The molecule has 168 valence electrons. The molecule has 3 fully saturated rings. The van der Waals surface area contributed by atoms with E-state index < -0.39 is 52.2 Å². The largest absolute Gasteiger partial charge is 0.454 e. The number of hydrogen-bond acceptors (Lipinski definition) is 7. The fraction of sp³-hybridized carbons (Fsp3) is 0.826. The summed E-state index contributed by atoms with van der Waals surface area (Å²) in [4.78, 5) is 26.1. The van der Waals surface area contributed by atoms with Crippen LogP contribution in [0.15, 0.2) is 11.1 Å². The van der Waals surface area contributed by atoms with E-state index in [0.29, 0.717) is 12.8 Å². The summed E-state index contributed by atoms with van der Waals surface area (Å²) < 4.78 is 17.3. The van der Waals surface area contributed by atoms with Crippen molar-refractivity contribution in [1.29, 1.82) is 0 Å². The van der Waals surface area contributed by atoms with E-state index >= 15 is 0 Å². The number of carbonyl (C=O) groups is 2. The Bertz CT molecular complexity index is 816. The Balaban J connectivity index is 1.96. The van der Waals surface area contributed by atoms with Crippen molar-refractivity contribution in [3.05, 3.63) is 11.1 Å². The van der Waals surface area contributed by atoms with E-state index in [2.05, 4.69) is 0 Å². The smallest absolute Gasteiger partial charge is 0.303 e. The van der Waals surface area contributed by atoms with Gasteiger partial charge in [0.2, 0.25) is 0 Å². The van der Waals surface area contributed by atoms with Crippen molar-refractivity contribution in [2.24, 2.45) is 16.7 Å². The van der Waals surface area contributed by atoms with Crippen molar-refractivity contribution < 1.29 is 34.0 Å². The molecule has 0 spiro atoms. The molecule has 1 unspecified atom stereocenters. The van der Waals surface area contributed by atoms with Gasteiger partial charge in [0.05, 0.1) is 23.7 Å². The van der Waals surface area contributed by atoms with Crippen LogP contribution in [0.4, 0.5) is 0 Å². The average molecular weight is 423 g/mol. The minimum absolute atomic E-state index is 0.160. The molecule has 0 aromatic carbocycles. The predicted molar refractivity (Wildman–Crippen MR) is 108 cm³/mol. The molecule has 0 aromatic heterocycles. The number of allylic oxidation sites excluding steroid dienone is 1. The molecule has 1 heterocycles. The van der Waals surface area contributed by atoms with E-state index in [1.807, 2.05) is 20.8 Å². The van der Waals surface area contributed by atoms with Crippen LogP contribution in [0.1, 0.15) is 60.3 Å². The van der Waals surface area contributed by atoms with E-state index in [4.69, 9.17) is 14.2 Å². The molecule has 30 heavy (non-hydrogen) atoms. The summed E-state index contributed by atoms with van der Waals surface area (Å²) in [6.07, 6.45) is -0.731. The zero-order chi connectivity index (χ0) is 22.3. The Morgan fingerprint density at radius 1 is 1.27 bits per heavy atom. The molecule has 0 radical (unpaired) electrons. The van der Waals surface area contributed by atoms with Crippen molar-refractivity contribution in [2.45, 2.75) is 89.8 Å². The molecule has 7 heteroatoms. The fourth-order valence-electron chi connectivity index (χ4n) is 6.81. The zero-order valence-corrected chi connectivity index (χ0v) is 18.8. The number of ether oxygens (including phenoxy) is 3. The van der Waals surface area contributed by atoms with E-state index in [0.717, 1.165) is 11.1 Å². The summed E-state index contributed by atoms with van der Waals surface area (Å²) in [5, 5.41) is 23.2. The van der Waals surface area contributed by atoms with Crippen LogP contribution in [0.3, 0.4) is 0 Å². The minimum atomic E-state index is -1.25. The number of hydrogen-bond donors (Lipinski definition) is 2. The molecule has 4 aliphatic rings. The van der Waals surface area contributed by atoms with Gasteiger partial charge in [-0.05, 0) is 38.7 Å². The maximum absolute atomic E-state index is 14.1. The van der Waals surface area contributed by atoms with E-state index in [9.17, 15) is 19.8 Å². The van der Waals surface area contributed by atoms with E-state index in [1.165, 1.54) is 14.0 Å². The van der Waals surface area contributed by atoms with Crippen molar-refractivity contribution in [1.82, 2.24) is 0 Å². The standard InChI is InChI=1S/C23H34O7/c1-12-7-8-22(27)10-14-21(5,19(26)18(28-6)17(12)20(22,3)4)15(25)9-16-23(14,11-29-16)30-13(2)24/h14-16,18,25,27H,7-11H2,1-6H3/t14?,15-,16+,18+,21-,22+,23+/m0/s1. The molecule has 2 saturated carbocycles. The van der Waals surface area contributed by atoms with Gasteiger partial charge in [-0.25, -0.2) is 0 Å². The molecule has 2 bridgehead atoms.